The van der Waals surface area contributed by atoms with E-state index in [2.05, 4.69) is 127 Å². The van der Waals surface area contributed by atoms with E-state index < -0.39 is 12.9 Å². The Morgan fingerprint density at radius 1 is 0.750 bits per heavy atom. The molecule has 0 heterocycles. The lowest BCUT2D eigenvalue weighted by Crippen LogP contribution is -2.56. The van der Waals surface area contributed by atoms with E-state index in [9.17, 15) is 5.11 Å². The summed E-state index contributed by atoms with van der Waals surface area (Å²) in [6.45, 7) is 1.90. The average Bonchev–Trinajstić information content (AvgIpc) is 2.16. The van der Waals surface area contributed by atoms with Gasteiger partial charge >= 0.3 is 0 Å². The van der Waals surface area contributed by atoms with E-state index >= 15 is 0 Å². The summed E-state index contributed by atoms with van der Waals surface area (Å²) in [5, 5.41) is 9.41. The van der Waals surface area contributed by atoms with Crippen LogP contribution in [0.3, 0.4) is 0 Å². The molecule has 0 spiro atoms. The molecule has 0 aromatic heterocycles. The minimum absolute atomic E-state index is 0.123. The van der Waals surface area contributed by atoms with Crippen LogP contribution < -0.4 is 0 Å². The third-order valence-corrected chi connectivity index (χ3v) is 17.4. The number of hydrogen-bond acceptors (Lipinski definition) is 1. The van der Waals surface area contributed by atoms with E-state index in [0.717, 1.165) is 6.42 Å². The van der Waals surface area contributed by atoms with Gasteiger partial charge < -0.3 is 5.11 Å². The first-order valence-electron chi connectivity index (χ1n) is 3.99. The van der Waals surface area contributed by atoms with Gasteiger partial charge in [0.1, 0.15) is 12.9 Å². The molecule has 0 saturated heterocycles. The van der Waals surface area contributed by atoms with Crippen molar-refractivity contribution in [3.05, 3.63) is 0 Å². The Morgan fingerprint density at radius 3 is 1.31 bits per heavy atom. The quantitative estimate of drug-likeness (QED) is 0.326. The molecule has 1 N–H and O–H groups in total. The molecule has 0 aromatic carbocycles. The fourth-order valence-corrected chi connectivity index (χ4v) is 6.26. The fraction of sp³-hybridized carbons (Fsp3) is 1.00. The van der Waals surface area contributed by atoms with Gasteiger partial charge in [0.15, 0.2) is 0 Å². The highest BCUT2D eigenvalue weighted by Gasteiger charge is 2.64. The maximum absolute atomic E-state index is 9.41. The molecule has 0 unspecified atom stereocenters. The molecule has 98 valence electrons. The van der Waals surface area contributed by atoms with Crippen molar-refractivity contribution in [2.45, 2.75) is 26.3 Å². The van der Waals surface area contributed by atoms with Crippen LogP contribution in [-0.2, 0) is 0 Å². The molecule has 0 rings (SSSR count). The number of alkyl halides is 8. The highest BCUT2D eigenvalue weighted by atomic mass is 79.9. The largest absolute Gasteiger partial charge is 0.394 e. The van der Waals surface area contributed by atoms with Gasteiger partial charge in [-0.2, -0.15) is 0 Å². The van der Waals surface area contributed by atoms with E-state index in [-0.39, 0.29) is 6.61 Å². The van der Waals surface area contributed by atoms with Crippen LogP contribution in [0.1, 0.15) is 13.3 Å². The van der Waals surface area contributed by atoms with Gasteiger partial charge in [-0.1, -0.05) is 134 Å². The molecule has 0 aliphatic rings. The van der Waals surface area contributed by atoms with Crippen LogP contribution in [0, 0.1) is 0 Å². The molecule has 0 fully saturated rings. The molecule has 0 saturated carbocycles. The molecule has 16 heavy (non-hydrogen) atoms. The smallest absolute Gasteiger partial charge is 0.135 e. The number of rotatable bonds is 5. The molecule has 0 aromatic rings. The number of halogens is 8. The van der Waals surface area contributed by atoms with Gasteiger partial charge in [0.25, 0.3) is 0 Å². The summed E-state index contributed by atoms with van der Waals surface area (Å²) in [5.74, 6) is 0. The predicted molar refractivity (Wildman–Crippen MR) is 99.7 cm³/mol. The average molecular weight is 747 g/mol. The maximum atomic E-state index is 9.41. The van der Waals surface area contributed by atoms with E-state index in [0.29, 0.717) is 0 Å². The fourth-order valence-electron chi connectivity index (χ4n) is 0.781. The van der Waals surface area contributed by atoms with Crippen molar-refractivity contribution < 1.29 is 5.11 Å². The van der Waals surface area contributed by atoms with Gasteiger partial charge in [-0.15, -0.1) is 0 Å². The van der Waals surface area contributed by atoms with Crippen LogP contribution in [0.2, 0.25) is 0 Å². The van der Waals surface area contributed by atoms with Gasteiger partial charge in [-0.25, -0.2) is 0 Å². The van der Waals surface area contributed by atoms with Crippen LogP contribution in [0.15, 0.2) is 0 Å². The van der Waals surface area contributed by atoms with Crippen molar-refractivity contribution >= 4 is 127 Å². The lowest BCUT2D eigenvalue weighted by atomic mass is 10.1. The molecule has 0 aliphatic carbocycles. The second-order valence-electron chi connectivity index (χ2n) is 3.07. The Balaban J connectivity index is 5.46. The Hall–Kier alpha value is 3.80. The molecule has 0 radical (unpaired) electrons. The number of aliphatic hydroxyl groups is 1. The van der Waals surface area contributed by atoms with Crippen LogP contribution in [0.5, 0.6) is 0 Å². The zero-order valence-corrected chi connectivity index (χ0v) is 20.6. The highest BCUT2D eigenvalue weighted by molar-refractivity contribution is 9.34. The van der Waals surface area contributed by atoms with E-state index in [4.69, 9.17) is 0 Å². The third kappa shape index (κ3) is 3.71. The molecule has 0 amide bonds. The maximum Gasteiger partial charge on any atom is 0.135 e. The summed E-state index contributed by atoms with van der Waals surface area (Å²) >= 11 is 28.4. The molecule has 9 heteroatoms. The van der Waals surface area contributed by atoms with Gasteiger partial charge in [0, 0.05) is 0 Å². The number of hydrogen-bond donors (Lipinski definition) is 1. The molecule has 0 aliphatic heterocycles. The summed E-state index contributed by atoms with van der Waals surface area (Å²) in [5.41, 5.74) is 0. The first kappa shape index (κ1) is 19.8. The van der Waals surface area contributed by atoms with Crippen LogP contribution >= 0.6 is 127 Å². The van der Waals surface area contributed by atoms with E-state index in [1.54, 1.807) is 0 Å². The topological polar surface area (TPSA) is 20.2 Å². The van der Waals surface area contributed by atoms with Crippen molar-refractivity contribution in [3.8, 4) is 0 Å². The second-order valence-corrected chi connectivity index (χ2v) is 17.5. The third-order valence-electron chi connectivity index (χ3n) is 1.96. The Morgan fingerprint density at radius 2 is 1.06 bits per heavy atom. The Kier molecular flexibility index (Phi) is 8.30. The zero-order valence-electron chi connectivity index (χ0n) is 7.89. The van der Waals surface area contributed by atoms with Gasteiger partial charge in [0.2, 0.25) is 0 Å². The van der Waals surface area contributed by atoms with Crippen LogP contribution in [0.4, 0.5) is 0 Å². The van der Waals surface area contributed by atoms with Crippen molar-refractivity contribution in [2.24, 2.45) is 0 Å². The highest BCUT2D eigenvalue weighted by Crippen LogP contribution is 2.67. The SMILES string of the molecule is CCC(Br)(Br)C(Br)(Br)C(Br)(Br)C(Br)(Br)CO. The van der Waals surface area contributed by atoms with Crippen molar-refractivity contribution in [1.82, 2.24) is 0 Å². The first-order chi connectivity index (χ1) is 6.87. The zero-order chi connectivity index (χ0) is 13.4. The van der Waals surface area contributed by atoms with E-state index in [1.807, 2.05) is 6.92 Å². The summed E-state index contributed by atoms with van der Waals surface area (Å²) in [6.07, 6.45) is 0.796. The summed E-state index contributed by atoms with van der Waals surface area (Å²) in [6, 6.07) is 0. The van der Waals surface area contributed by atoms with Gasteiger partial charge in [0.05, 0.1) is 6.61 Å². The second kappa shape index (κ2) is 6.71. The molecule has 0 atom stereocenters. The lowest BCUT2D eigenvalue weighted by molar-refractivity contribution is 0.282. The van der Waals surface area contributed by atoms with Crippen LogP contribution in [0.25, 0.3) is 0 Å². The Labute approximate surface area is 163 Å². The lowest BCUT2D eigenvalue weighted by Gasteiger charge is -2.48. The molecular weight excluding hydrogens is 739 g/mol. The van der Waals surface area contributed by atoms with Crippen molar-refractivity contribution in [1.29, 1.82) is 0 Å². The predicted octanol–water partition coefficient (Wildman–Crippen LogP) is 6.33. The standard InChI is InChI=1S/C7H8Br8O/c1-2-4(8,9)6(12,13)7(14,15)5(10,11)3-16/h16H,2-3H2,1H3. The van der Waals surface area contributed by atoms with Crippen LogP contribution in [-0.4, -0.2) is 24.6 Å². The summed E-state index contributed by atoms with van der Waals surface area (Å²) < 4.78 is -2.55. The minimum atomic E-state index is -0.762. The van der Waals surface area contributed by atoms with Crippen molar-refractivity contribution in [2.75, 3.05) is 6.61 Å². The summed E-state index contributed by atoms with van der Waals surface area (Å²) in [7, 11) is 0. The molecule has 0 bridgehead atoms. The normalized spacial score (nSPS) is 15.4. The van der Waals surface area contributed by atoms with Gasteiger partial charge in [-0.3, -0.25) is 0 Å². The van der Waals surface area contributed by atoms with E-state index in [1.165, 1.54) is 0 Å². The summed E-state index contributed by atoms with van der Waals surface area (Å²) in [4.78, 5) is 0. The minimum Gasteiger partial charge on any atom is -0.394 e. The Bertz CT molecular complexity index is 223. The monoisotopic (exact) mass is 739 g/mol. The first-order valence-corrected chi connectivity index (χ1v) is 10.3. The van der Waals surface area contributed by atoms with Gasteiger partial charge in [-0.05, 0) is 6.42 Å². The molecular formula is C7H8Br8O. The van der Waals surface area contributed by atoms with Crippen molar-refractivity contribution in [3.63, 3.8) is 0 Å². The number of aliphatic hydroxyl groups excluding tert-OH is 1. The molecule has 1 nitrogen and oxygen atoms in total.